The lowest BCUT2D eigenvalue weighted by Gasteiger charge is -2.30. The molecule has 1 aromatic heterocycles. The first kappa shape index (κ1) is 15.8. The van der Waals surface area contributed by atoms with Gasteiger partial charge in [-0.25, -0.2) is 4.98 Å². The van der Waals surface area contributed by atoms with Crippen molar-refractivity contribution >= 4 is 11.0 Å². The number of imidazole rings is 1. The van der Waals surface area contributed by atoms with Crippen molar-refractivity contribution in [2.45, 2.75) is 46.3 Å². The Labute approximate surface area is 138 Å². The van der Waals surface area contributed by atoms with Crippen LogP contribution in [0.2, 0.25) is 0 Å². The molecule has 0 fully saturated rings. The summed E-state index contributed by atoms with van der Waals surface area (Å²) in [5.74, 6) is 0.933. The van der Waals surface area contributed by atoms with E-state index in [0.29, 0.717) is 12.1 Å². The van der Waals surface area contributed by atoms with Crippen molar-refractivity contribution in [1.29, 1.82) is 0 Å². The van der Waals surface area contributed by atoms with Crippen molar-refractivity contribution in [3.63, 3.8) is 0 Å². The monoisotopic (exact) mass is 307 g/mol. The highest BCUT2D eigenvalue weighted by Gasteiger charge is 2.13. The highest BCUT2D eigenvalue weighted by molar-refractivity contribution is 5.79. The number of nitrogens with one attached hydrogen (secondary N) is 1. The van der Waals surface area contributed by atoms with E-state index in [4.69, 9.17) is 0 Å². The van der Waals surface area contributed by atoms with Crippen molar-refractivity contribution in [1.82, 2.24) is 14.9 Å². The molecule has 0 aliphatic heterocycles. The number of H-pyrrole nitrogens is 1. The lowest BCUT2D eigenvalue weighted by atomic mass is 10.1. The van der Waals surface area contributed by atoms with Crippen LogP contribution < -0.4 is 0 Å². The van der Waals surface area contributed by atoms with Gasteiger partial charge >= 0.3 is 0 Å². The largest absolute Gasteiger partial charge is 0.338 e. The van der Waals surface area contributed by atoms with Crippen LogP contribution in [0.5, 0.6) is 0 Å². The molecule has 0 aliphatic rings. The summed E-state index contributed by atoms with van der Waals surface area (Å²) in [5.41, 5.74) is 4.56. The number of nitrogens with zero attached hydrogens (tertiary/aromatic N) is 2. The minimum Gasteiger partial charge on any atom is -0.338 e. The van der Waals surface area contributed by atoms with Gasteiger partial charge in [-0.1, -0.05) is 36.4 Å². The first-order valence-electron chi connectivity index (χ1n) is 8.34. The summed E-state index contributed by atoms with van der Waals surface area (Å²) in [6.07, 6.45) is 0. The summed E-state index contributed by atoms with van der Waals surface area (Å²) < 4.78 is 0. The quantitative estimate of drug-likeness (QED) is 0.731. The molecule has 0 saturated carbocycles. The molecule has 3 nitrogen and oxygen atoms in total. The maximum atomic E-state index is 4.66. The fourth-order valence-corrected chi connectivity index (χ4v) is 3.03. The lowest BCUT2D eigenvalue weighted by molar-refractivity contribution is 0.166. The van der Waals surface area contributed by atoms with Gasteiger partial charge in [-0.2, -0.15) is 0 Å². The first-order valence-corrected chi connectivity index (χ1v) is 8.34. The molecule has 3 aromatic rings. The summed E-state index contributed by atoms with van der Waals surface area (Å²) in [6.45, 7) is 9.99. The fourth-order valence-electron chi connectivity index (χ4n) is 3.03. The number of hydrogen-bond acceptors (Lipinski definition) is 2. The molecule has 23 heavy (non-hydrogen) atoms. The fraction of sp³-hybridized carbons (Fsp3) is 0.350. The Morgan fingerprint density at radius 3 is 2.17 bits per heavy atom. The SMILES string of the molecule is CC(C)N(Cc1ccc(-c2nc3ccccc3[nH]2)cc1)C(C)C. The molecule has 3 rings (SSSR count). The average Bonchev–Trinajstić information content (AvgIpc) is 2.96. The molecule has 0 radical (unpaired) electrons. The third kappa shape index (κ3) is 3.45. The van der Waals surface area contributed by atoms with Crippen LogP contribution in [-0.4, -0.2) is 27.0 Å². The molecule has 0 unspecified atom stereocenters. The lowest BCUT2D eigenvalue weighted by Crippen LogP contribution is -2.36. The van der Waals surface area contributed by atoms with Crippen LogP contribution in [-0.2, 0) is 6.54 Å². The molecule has 0 aliphatic carbocycles. The van der Waals surface area contributed by atoms with Crippen molar-refractivity contribution in [3.8, 4) is 11.4 Å². The zero-order chi connectivity index (χ0) is 16.4. The molecular formula is C20H25N3. The van der Waals surface area contributed by atoms with Gasteiger partial charge in [0.1, 0.15) is 5.82 Å². The van der Waals surface area contributed by atoms with Crippen LogP contribution in [0.1, 0.15) is 33.3 Å². The Morgan fingerprint density at radius 1 is 0.913 bits per heavy atom. The van der Waals surface area contributed by atoms with Crippen LogP contribution in [0.4, 0.5) is 0 Å². The number of fused-ring (bicyclic) bond motifs is 1. The van der Waals surface area contributed by atoms with E-state index in [-0.39, 0.29) is 0 Å². The topological polar surface area (TPSA) is 31.9 Å². The second-order valence-electron chi connectivity index (χ2n) is 6.66. The van der Waals surface area contributed by atoms with Gasteiger partial charge in [-0.05, 0) is 45.4 Å². The minimum absolute atomic E-state index is 0.546. The van der Waals surface area contributed by atoms with E-state index < -0.39 is 0 Å². The van der Waals surface area contributed by atoms with E-state index in [1.54, 1.807) is 0 Å². The summed E-state index contributed by atoms with van der Waals surface area (Å²) >= 11 is 0. The van der Waals surface area contributed by atoms with E-state index in [9.17, 15) is 0 Å². The van der Waals surface area contributed by atoms with Gasteiger partial charge in [0.25, 0.3) is 0 Å². The van der Waals surface area contributed by atoms with Crippen LogP contribution in [0.3, 0.4) is 0 Å². The van der Waals surface area contributed by atoms with Crippen molar-refractivity contribution in [3.05, 3.63) is 54.1 Å². The van der Waals surface area contributed by atoms with Gasteiger partial charge < -0.3 is 4.98 Å². The van der Waals surface area contributed by atoms with Crippen LogP contribution >= 0.6 is 0 Å². The van der Waals surface area contributed by atoms with Gasteiger partial charge in [0.2, 0.25) is 0 Å². The Hall–Kier alpha value is -2.13. The first-order chi connectivity index (χ1) is 11.0. The number of aromatic nitrogens is 2. The molecule has 2 aromatic carbocycles. The second-order valence-corrected chi connectivity index (χ2v) is 6.66. The summed E-state index contributed by atoms with van der Waals surface area (Å²) in [4.78, 5) is 10.5. The molecule has 3 heteroatoms. The highest BCUT2D eigenvalue weighted by atomic mass is 15.2. The molecule has 120 valence electrons. The molecule has 0 amide bonds. The van der Waals surface area contributed by atoms with Crippen molar-refractivity contribution in [2.75, 3.05) is 0 Å². The van der Waals surface area contributed by atoms with Crippen molar-refractivity contribution < 1.29 is 0 Å². The smallest absolute Gasteiger partial charge is 0.138 e. The molecule has 0 spiro atoms. The third-order valence-electron chi connectivity index (χ3n) is 4.31. The van der Waals surface area contributed by atoms with E-state index in [0.717, 1.165) is 29.0 Å². The van der Waals surface area contributed by atoms with Crippen LogP contribution in [0.15, 0.2) is 48.5 Å². The number of benzene rings is 2. The third-order valence-corrected chi connectivity index (χ3v) is 4.31. The number of aromatic amines is 1. The zero-order valence-electron chi connectivity index (χ0n) is 14.4. The average molecular weight is 307 g/mol. The maximum absolute atomic E-state index is 4.66. The van der Waals surface area contributed by atoms with E-state index in [2.05, 4.69) is 72.9 Å². The van der Waals surface area contributed by atoms with Gasteiger partial charge in [0.05, 0.1) is 11.0 Å². The van der Waals surface area contributed by atoms with Crippen LogP contribution in [0.25, 0.3) is 22.4 Å². The standard InChI is InChI=1S/C20H25N3/c1-14(2)23(15(3)4)13-16-9-11-17(12-10-16)20-21-18-7-5-6-8-19(18)22-20/h5-12,14-15H,13H2,1-4H3,(H,21,22). The Balaban J connectivity index is 1.81. The Morgan fingerprint density at radius 2 is 1.57 bits per heavy atom. The van der Waals surface area contributed by atoms with E-state index >= 15 is 0 Å². The minimum atomic E-state index is 0.546. The summed E-state index contributed by atoms with van der Waals surface area (Å²) in [6, 6.07) is 18.0. The van der Waals surface area contributed by atoms with Gasteiger partial charge in [-0.3, -0.25) is 4.90 Å². The van der Waals surface area contributed by atoms with E-state index in [1.807, 2.05) is 18.2 Å². The molecular weight excluding hydrogens is 282 g/mol. The number of para-hydroxylation sites is 2. The number of hydrogen-bond donors (Lipinski definition) is 1. The highest BCUT2D eigenvalue weighted by Crippen LogP contribution is 2.21. The zero-order valence-corrected chi connectivity index (χ0v) is 14.4. The predicted octanol–water partition coefficient (Wildman–Crippen LogP) is 4.85. The second kappa shape index (κ2) is 6.55. The number of rotatable bonds is 5. The molecule has 0 saturated heterocycles. The van der Waals surface area contributed by atoms with E-state index in [1.165, 1.54) is 5.56 Å². The maximum Gasteiger partial charge on any atom is 0.138 e. The molecule has 0 atom stereocenters. The Kier molecular flexibility index (Phi) is 4.49. The molecule has 0 bridgehead atoms. The van der Waals surface area contributed by atoms with Gasteiger partial charge in [0, 0.05) is 24.2 Å². The normalized spacial score (nSPS) is 12.0. The van der Waals surface area contributed by atoms with Gasteiger partial charge in [0.15, 0.2) is 0 Å². The van der Waals surface area contributed by atoms with Crippen LogP contribution in [0, 0.1) is 0 Å². The summed E-state index contributed by atoms with van der Waals surface area (Å²) in [7, 11) is 0. The Bertz CT molecular complexity index is 728. The predicted molar refractivity (Wildman–Crippen MR) is 97.3 cm³/mol. The molecule has 1 heterocycles. The van der Waals surface area contributed by atoms with Gasteiger partial charge in [-0.15, -0.1) is 0 Å². The molecule has 1 N–H and O–H groups in total. The van der Waals surface area contributed by atoms with Crippen molar-refractivity contribution in [2.24, 2.45) is 0 Å². The summed E-state index contributed by atoms with van der Waals surface area (Å²) in [5, 5.41) is 0.